The Balaban J connectivity index is 1.45. The first-order valence-electron chi connectivity index (χ1n) is 16.8. The molecule has 0 saturated heterocycles. The minimum atomic E-state index is -0.321. The number of ketones is 2. The van der Waals surface area contributed by atoms with E-state index in [-0.39, 0.29) is 30.7 Å². The number of fused-ring (bicyclic) bond motifs is 1. The molecule has 0 aromatic heterocycles. The van der Waals surface area contributed by atoms with E-state index in [1.807, 2.05) is 31.2 Å². The Hall–Kier alpha value is -4.59. The zero-order chi connectivity index (χ0) is 34.8. The number of rotatable bonds is 17. The molecule has 0 unspecified atom stereocenters. The van der Waals surface area contributed by atoms with Crippen molar-refractivity contribution in [2.45, 2.75) is 85.5 Å². The summed E-state index contributed by atoms with van der Waals surface area (Å²) in [6.07, 6.45) is 9.99. The summed E-state index contributed by atoms with van der Waals surface area (Å²) < 4.78 is 28.4. The molecule has 2 aromatic carbocycles. The number of carbonyl (C=O) groups excluding carboxylic acids is 3. The third kappa shape index (κ3) is 8.27. The Labute approximate surface area is 284 Å². The van der Waals surface area contributed by atoms with Gasteiger partial charge in [0.2, 0.25) is 6.79 Å². The topological polar surface area (TPSA) is 97.4 Å². The Bertz CT molecular complexity index is 1660. The smallest absolute Gasteiger partial charge is 0.310 e. The average molecular weight is 657 g/mol. The number of carbonyl (C=O) groups is 3. The lowest BCUT2D eigenvalue weighted by molar-refractivity contribution is -0.142. The van der Waals surface area contributed by atoms with E-state index in [9.17, 15) is 14.4 Å². The van der Waals surface area contributed by atoms with Gasteiger partial charge in [-0.1, -0.05) is 51.3 Å². The highest BCUT2D eigenvalue weighted by atomic mass is 16.7. The van der Waals surface area contributed by atoms with Gasteiger partial charge in [-0.25, -0.2) is 0 Å². The van der Waals surface area contributed by atoms with Gasteiger partial charge in [0.15, 0.2) is 34.6 Å². The molecular formula is C40H48O8. The van der Waals surface area contributed by atoms with Gasteiger partial charge in [0, 0.05) is 22.3 Å². The predicted octanol–water partition coefficient (Wildman–Crippen LogP) is 8.65. The van der Waals surface area contributed by atoms with Crippen LogP contribution in [0.5, 0.6) is 23.0 Å². The fourth-order valence-electron chi connectivity index (χ4n) is 6.26. The first-order valence-corrected chi connectivity index (χ1v) is 16.8. The van der Waals surface area contributed by atoms with E-state index in [1.54, 1.807) is 34.1 Å². The molecule has 0 bridgehead atoms. The van der Waals surface area contributed by atoms with Gasteiger partial charge in [0.1, 0.15) is 0 Å². The molecule has 1 aliphatic heterocycles. The highest BCUT2D eigenvalue weighted by Crippen LogP contribution is 2.43. The number of hydrogen-bond donors (Lipinski definition) is 0. The fourth-order valence-corrected chi connectivity index (χ4v) is 6.26. The van der Waals surface area contributed by atoms with Gasteiger partial charge < -0.3 is 23.7 Å². The minimum absolute atomic E-state index is 0.0175. The van der Waals surface area contributed by atoms with Crippen molar-refractivity contribution in [2.75, 3.05) is 27.6 Å². The number of aryl methyl sites for hydroxylation is 1. The number of methoxy groups -OCH3 is 2. The van der Waals surface area contributed by atoms with Crippen LogP contribution in [0.4, 0.5) is 0 Å². The van der Waals surface area contributed by atoms with Gasteiger partial charge in [-0.3, -0.25) is 14.4 Å². The molecule has 0 saturated carbocycles. The molecule has 4 rings (SSSR count). The van der Waals surface area contributed by atoms with E-state index in [0.29, 0.717) is 47.0 Å². The van der Waals surface area contributed by atoms with Gasteiger partial charge in [-0.2, -0.15) is 0 Å². The van der Waals surface area contributed by atoms with Gasteiger partial charge in [0.25, 0.3) is 0 Å². The predicted molar refractivity (Wildman–Crippen MR) is 188 cm³/mol. The number of ether oxygens (including phenoxy) is 5. The molecule has 0 fully saturated rings. The molecule has 0 spiro atoms. The van der Waals surface area contributed by atoms with Crippen molar-refractivity contribution in [3.63, 3.8) is 0 Å². The molecule has 0 atom stereocenters. The molecule has 0 N–H and O–H groups in total. The van der Waals surface area contributed by atoms with E-state index >= 15 is 0 Å². The fraction of sp³-hybridized carbons (Fsp3) is 0.425. The summed E-state index contributed by atoms with van der Waals surface area (Å²) in [6, 6.07) is 7.80. The van der Waals surface area contributed by atoms with Crippen molar-refractivity contribution >= 4 is 34.8 Å². The molecule has 1 aliphatic carbocycles. The van der Waals surface area contributed by atoms with E-state index < -0.39 is 0 Å². The molecule has 0 amide bonds. The second-order valence-corrected chi connectivity index (χ2v) is 12.2. The highest BCUT2D eigenvalue weighted by Gasteiger charge is 2.24. The standard InChI is InChI=1S/C40H48O8/c1-8-15-28-21-36-37(48-24-47-36)22-32(28)27(5)33(31-17-18-35(44-6)40(45-7)30(31)9-2)23-38(42)46-19-14-12-10-11-13-16-29-20-34(41)25(3)26(4)39(29)43/h9,17-18,20-22H,2,8,10-16,19,23-24H2,1,3-7H3/b33-27+. The average Bonchev–Trinajstić information content (AvgIpc) is 3.55. The third-order valence-electron chi connectivity index (χ3n) is 9.13. The summed E-state index contributed by atoms with van der Waals surface area (Å²) >= 11 is 0. The van der Waals surface area contributed by atoms with Gasteiger partial charge in [-0.15, -0.1) is 0 Å². The molecular weight excluding hydrogens is 608 g/mol. The van der Waals surface area contributed by atoms with Crippen LogP contribution in [-0.2, 0) is 25.5 Å². The Morgan fingerprint density at radius 3 is 2.31 bits per heavy atom. The molecule has 1 heterocycles. The van der Waals surface area contributed by atoms with Crippen molar-refractivity contribution < 1.29 is 38.1 Å². The summed E-state index contributed by atoms with van der Waals surface area (Å²) in [5.74, 6) is 2.12. The van der Waals surface area contributed by atoms with Crippen LogP contribution in [0.2, 0.25) is 0 Å². The third-order valence-corrected chi connectivity index (χ3v) is 9.13. The molecule has 8 nitrogen and oxygen atoms in total. The minimum Gasteiger partial charge on any atom is -0.493 e. The lowest BCUT2D eigenvalue weighted by Gasteiger charge is -2.20. The van der Waals surface area contributed by atoms with Crippen LogP contribution in [0.15, 0.2) is 53.6 Å². The van der Waals surface area contributed by atoms with Crippen LogP contribution in [0.25, 0.3) is 17.2 Å². The zero-order valence-corrected chi connectivity index (χ0v) is 29.2. The van der Waals surface area contributed by atoms with Crippen LogP contribution < -0.4 is 18.9 Å². The first-order chi connectivity index (χ1) is 23.1. The number of allylic oxidation sites excluding steroid dienone is 5. The molecule has 48 heavy (non-hydrogen) atoms. The molecule has 2 aliphatic rings. The lowest BCUT2D eigenvalue weighted by Crippen LogP contribution is -2.16. The highest BCUT2D eigenvalue weighted by molar-refractivity contribution is 6.22. The maximum absolute atomic E-state index is 13.4. The number of unbranched alkanes of at least 4 members (excludes halogenated alkanes) is 4. The van der Waals surface area contributed by atoms with Gasteiger partial charge >= 0.3 is 5.97 Å². The largest absolute Gasteiger partial charge is 0.493 e. The number of Topliss-reactive ketones (excluding diaryl/α,β-unsaturated/α-hetero) is 1. The van der Waals surface area contributed by atoms with Crippen LogP contribution in [0, 0.1) is 0 Å². The summed E-state index contributed by atoms with van der Waals surface area (Å²) in [6.45, 7) is 12.1. The van der Waals surface area contributed by atoms with E-state index in [1.165, 1.54) is 6.08 Å². The molecule has 8 heteroatoms. The second kappa shape index (κ2) is 17.0. The quantitative estimate of drug-likeness (QED) is 0.0723. The van der Waals surface area contributed by atoms with Crippen molar-refractivity contribution in [3.05, 3.63) is 75.9 Å². The SMILES string of the molecule is C=Cc1c(/C(CC(=O)OCCCCCCCC2=CC(=O)C(C)=C(C)C2=O)=C(\C)c2cc3c(cc2CCC)OCO3)ccc(OC)c1OC. The van der Waals surface area contributed by atoms with Crippen molar-refractivity contribution in [1.82, 2.24) is 0 Å². The lowest BCUT2D eigenvalue weighted by atomic mass is 9.87. The molecule has 256 valence electrons. The summed E-state index contributed by atoms with van der Waals surface area (Å²) in [5, 5.41) is 0. The van der Waals surface area contributed by atoms with Crippen molar-refractivity contribution in [1.29, 1.82) is 0 Å². The zero-order valence-electron chi connectivity index (χ0n) is 29.2. The van der Waals surface area contributed by atoms with E-state index in [0.717, 1.165) is 84.1 Å². The number of hydrogen-bond acceptors (Lipinski definition) is 8. The second-order valence-electron chi connectivity index (χ2n) is 12.2. The van der Waals surface area contributed by atoms with Gasteiger partial charge in [0.05, 0.1) is 27.2 Å². The van der Waals surface area contributed by atoms with Crippen LogP contribution in [-0.4, -0.2) is 45.2 Å². The maximum Gasteiger partial charge on any atom is 0.310 e. The monoisotopic (exact) mass is 656 g/mol. The van der Waals surface area contributed by atoms with Crippen LogP contribution in [0.1, 0.15) is 101 Å². The van der Waals surface area contributed by atoms with E-state index in [4.69, 9.17) is 23.7 Å². The van der Waals surface area contributed by atoms with Crippen LogP contribution >= 0.6 is 0 Å². The summed E-state index contributed by atoms with van der Waals surface area (Å²) in [7, 11) is 3.17. The normalized spacial score (nSPS) is 14.5. The summed E-state index contributed by atoms with van der Waals surface area (Å²) in [5.41, 5.74) is 7.07. The molecule has 2 aromatic rings. The number of benzene rings is 2. The number of esters is 1. The Morgan fingerprint density at radius 1 is 0.917 bits per heavy atom. The maximum atomic E-state index is 13.4. The summed E-state index contributed by atoms with van der Waals surface area (Å²) in [4.78, 5) is 38.0. The molecule has 0 radical (unpaired) electrons. The van der Waals surface area contributed by atoms with E-state index in [2.05, 4.69) is 13.5 Å². The van der Waals surface area contributed by atoms with Crippen LogP contribution in [0.3, 0.4) is 0 Å². The Kier molecular flexibility index (Phi) is 12.8. The Morgan fingerprint density at radius 2 is 1.62 bits per heavy atom. The van der Waals surface area contributed by atoms with Crippen molar-refractivity contribution in [2.24, 2.45) is 0 Å². The van der Waals surface area contributed by atoms with Gasteiger partial charge in [-0.05, 0) is 98.6 Å². The van der Waals surface area contributed by atoms with Crippen molar-refractivity contribution in [3.8, 4) is 23.0 Å². The first kappa shape index (κ1) is 36.2.